The first-order chi connectivity index (χ1) is 9.69. The quantitative estimate of drug-likeness (QED) is 0.803. The average molecular weight is 274 g/mol. The predicted octanol–water partition coefficient (Wildman–Crippen LogP) is 2.34. The van der Waals surface area contributed by atoms with E-state index in [1.165, 1.54) is 13.3 Å². The topological polar surface area (TPSA) is 70.4 Å². The molecule has 0 bridgehead atoms. The molecule has 6 heteroatoms. The van der Waals surface area contributed by atoms with Crippen molar-refractivity contribution in [3.05, 3.63) is 42.1 Å². The zero-order chi connectivity index (χ0) is 14.5. The number of esters is 1. The molecule has 0 aliphatic carbocycles. The Kier molecular flexibility index (Phi) is 4.14. The monoisotopic (exact) mass is 274 g/mol. The Balaban J connectivity index is 2.50. The number of rotatable bonds is 3. The zero-order valence-corrected chi connectivity index (χ0v) is 11.2. The van der Waals surface area contributed by atoms with E-state index < -0.39 is 12.1 Å². The molecular formula is C14H14N2O4. The third kappa shape index (κ3) is 2.54. The summed E-state index contributed by atoms with van der Waals surface area (Å²) in [5, 5.41) is 3.93. The number of methoxy groups -OCH3 is 1. The fraction of sp³-hybridized carbons (Fsp3) is 0.214. The maximum atomic E-state index is 11.8. The normalized spacial score (nSPS) is 10.1. The van der Waals surface area contributed by atoms with Gasteiger partial charge in [0.15, 0.2) is 0 Å². The average Bonchev–Trinajstić information content (AvgIpc) is 2.96. The van der Waals surface area contributed by atoms with Gasteiger partial charge >= 0.3 is 12.1 Å². The maximum absolute atomic E-state index is 11.8. The van der Waals surface area contributed by atoms with E-state index in [4.69, 9.17) is 9.47 Å². The van der Waals surface area contributed by atoms with Crippen LogP contribution < -0.4 is 0 Å². The van der Waals surface area contributed by atoms with Crippen LogP contribution in [0.3, 0.4) is 0 Å². The summed E-state index contributed by atoms with van der Waals surface area (Å²) in [4.78, 5) is 23.6. The molecule has 0 saturated carbocycles. The third-order valence-corrected chi connectivity index (χ3v) is 2.69. The first-order valence-electron chi connectivity index (χ1n) is 6.08. The molecule has 1 heterocycles. The lowest BCUT2D eigenvalue weighted by Crippen LogP contribution is -2.17. The van der Waals surface area contributed by atoms with E-state index in [0.29, 0.717) is 16.8 Å². The van der Waals surface area contributed by atoms with E-state index in [1.54, 1.807) is 37.3 Å². The lowest BCUT2D eigenvalue weighted by molar-refractivity contribution is 0.0601. The van der Waals surface area contributed by atoms with Gasteiger partial charge in [-0.25, -0.2) is 9.59 Å². The summed E-state index contributed by atoms with van der Waals surface area (Å²) in [5.74, 6) is -0.475. The molecule has 0 radical (unpaired) electrons. The molecule has 0 N–H and O–H groups in total. The number of ether oxygens (including phenoxy) is 2. The number of carbonyl (C=O) groups excluding carboxylic acids is 2. The Labute approximate surface area is 115 Å². The number of hydrogen-bond donors (Lipinski definition) is 0. The number of aromatic nitrogens is 2. The lowest BCUT2D eigenvalue weighted by atomic mass is 10.0. The highest BCUT2D eigenvalue weighted by Gasteiger charge is 2.19. The van der Waals surface area contributed by atoms with E-state index in [9.17, 15) is 9.59 Å². The second-order valence-corrected chi connectivity index (χ2v) is 3.86. The van der Waals surface area contributed by atoms with Crippen molar-refractivity contribution in [1.82, 2.24) is 9.78 Å². The van der Waals surface area contributed by atoms with Gasteiger partial charge in [0.25, 0.3) is 0 Å². The number of hydrogen-bond acceptors (Lipinski definition) is 5. The molecule has 0 unspecified atom stereocenters. The molecule has 2 aromatic rings. The summed E-state index contributed by atoms with van der Waals surface area (Å²) in [7, 11) is 1.31. The summed E-state index contributed by atoms with van der Waals surface area (Å²) in [5.41, 5.74) is 1.40. The van der Waals surface area contributed by atoms with Crippen LogP contribution in [0.1, 0.15) is 17.3 Å². The number of benzene rings is 1. The standard InChI is InChI=1S/C14H14N2O4/c1-3-20-14(18)16-12(8-9-15-16)10-6-4-5-7-11(10)13(17)19-2/h4-9H,3H2,1-2H3. The highest BCUT2D eigenvalue weighted by atomic mass is 16.6. The summed E-state index contributed by atoms with van der Waals surface area (Å²) in [6.45, 7) is 1.96. The van der Waals surface area contributed by atoms with Crippen molar-refractivity contribution in [3.63, 3.8) is 0 Å². The molecule has 1 aromatic carbocycles. The van der Waals surface area contributed by atoms with Gasteiger partial charge in [0.1, 0.15) is 0 Å². The van der Waals surface area contributed by atoms with Crippen molar-refractivity contribution in [3.8, 4) is 11.3 Å². The molecule has 0 aliphatic heterocycles. The fourth-order valence-electron chi connectivity index (χ4n) is 1.83. The van der Waals surface area contributed by atoms with Gasteiger partial charge in [-0.3, -0.25) is 0 Å². The van der Waals surface area contributed by atoms with E-state index in [1.807, 2.05) is 0 Å². The van der Waals surface area contributed by atoms with Crippen LogP contribution in [0.5, 0.6) is 0 Å². The molecular weight excluding hydrogens is 260 g/mol. The lowest BCUT2D eigenvalue weighted by Gasteiger charge is -2.09. The van der Waals surface area contributed by atoms with E-state index in [-0.39, 0.29) is 6.61 Å². The molecule has 1 aromatic heterocycles. The molecule has 6 nitrogen and oxygen atoms in total. The summed E-state index contributed by atoms with van der Waals surface area (Å²) in [6, 6.07) is 8.48. The van der Waals surface area contributed by atoms with Crippen LogP contribution in [0.15, 0.2) is 36.5 Å². The van der Waals surface area contributed by atoms with Crippen molar-refractivity contribution < 1.29 is 19.1 Å². The Hall–Kier alpha value is -2.63. The van der Waals surface area contributed by atoms with Gasteiger partial charge in [-0.05, 0) is 19.1 Å². The van der Waals surface area contributed by atoms with Crippen LogP contribution in [0.4, 0.5) is 4.79 Å². The van der Waals surface area contributed by atoms with Gasteiger partial charge in [-0.15, -0.1) is 0 Å². The van der Waals surface area contributed by atoms with Gasteiger partial charge in [0.05, 0.1) is 31.2 Å². The Morgan fingerprint density at radius 1 is 1.25 bits per heavy atom. The van der Waals surface area contributed by atoms with Gasteiger partial charge in [0.2, 0.25) is 0 Å². The second kappa shape index (κ2) is 6.01. The molecule has 0 atom stereocenters. The van der Waals surface area contributed by atoms with Crippen molar-refractivity contribution in [1.29, 1.82) is 0 Å². The molecule has 2 rings (SSSR count). The van der Waals surface area contributed by atoms with Gasteiger partial charge in [-0.2, -0.15) is 9.78 Å². The first-order valence-corrected chi connectivity index (χ1v) is 6.08. The van der Waals surface area contributed by atoms with E-state index in [0.717, 1.165) is 4.68 Å². The van der Waals surface area contributed by atoms with Crippen LogP contribution in [-0.4, -0.2) is 35.6 Å². The van der Waals surface area contributed by atoms with Crippen molar-refractivity contribution in [2.75, 3.05) is 13.7 Å². The minimum atomic E-state index is -0.591. The summed E-state index contributed by atoms with van der Waals surface area (Å²) >= 11 is 0. The molecule has 0 fully saturated rings. The fourth-order valence-corrected chi connectivity index (χ4v) is 1.83. The highest BCUT2D eigenvalue weighted by molar-refractivity contribution is 5.97. The molecule has 0 spiro atoms. The molecule has 104 valence electrons. The Morgan fingerprint density at radius 2 is 2.00 bits per heavy atom. The van der Waals surface area contributed by atoms with Gasteiger partial charge in [0, 0.05) is 5.56 Å². The first kappa shape index (κ1) is 13.8. The second-order valence-electron chi connectivity index (χ2n) is 3.86. The SMILES string of the molecule is CCOC(=O)n1nccc1-c1ccccc1C(=O)OC. The van der Waals surface area contributed by atoms with E-state index in [2.05, 4.69) is 5.10 Å². The summed E-state index contributed by atoms with van der Waals surface area (Å²) < 4.78 is 10.8. The molecule has 0 aliphatic rings. The smallest absolute Gasteiger partial charge is 0.435 e. The van der Waals surface area contributed by atoms with Crippen LogP contribution in [-0.2, 0) is 9.47 Å². The molecule has 0 amide bonds. The summed E-state index contributed by atoms with van der Waals surface area (Å²) in [6.07, 6.45) is 0.882. The van der Waals surface area contributed by atoms with Crippen molar-refractivity contribution in [2.45, 2.75) is 6.92 Å². The van der Waals surface area contributed by atoms with Crippen LogP contribution in [0.25, 0.3) is 11.3 Å². The minimum absolute atomic E-state index is 0.247. The Morgan fingerprint density at radius 3 is 2.70 bits per heavy atom. The number of nitrogens with zero attached hydrogens (tertiary/aromatic N) is 2. The van der Waals surface area contributed by atoms with Crippen molar-refractivity contribution >= 4 is 12.1 Å². The van der Waals surface area contributed by atoms with Gasteiger partial charge < -0.3 is 9.47 Å². The van der Waals surface area contributed by atoms with Crippen LogP contribution in [0.2, 0.25) is 0 Å². The predicted molar refractivity (Wildman–Crippen MR) is 71.4 cm³/mol. The van der Waals surface area contributed by atoms with E-state index >= 15 is 0 Å². The molecule has 20 heavy (non-hydrogen) atoms. The van der Waals surface area contributed by atoms with Crippen LogP contribution in [0, 0.1) is 0 Å². The van der Waals surface area contributed by atoms with Crippen LogP contribution >= 0.6 is 0 Å². The Bertz CT molecular complexity index is 634. The largest absolute Gasteiger partial charge is 0.465 e. The maximum Gasteiger partial charge on any atom is 0.435 e. The van der Waals surface area contributed by atoms with Gasteiger partial charge in [-0.1, -0.05) is 18.2 Å². The minimum Gasteiger partial charge on any atom is -0.465 e. The number of carbonyl (C=O) groups is 2. The third-order valence-electron chi connectivity index (χ3n) is 2.69. The zero-order valence-electron chi connectivity index (χ0n) is 11.2. The molecule has 0 saturated heterocycles. The van der Waals surface area contributed by atoms with Crippen molar-refractivity contribution in [2.24, 2.45) is 0 Å². The highest BCUT2D eigenvalue weighted by Crippen LogP contribution is 2.24.